The molecule has 1 heterocycles. The summed E-state index contributed by atoms with van der Waals surface area (Å²) in [5.74, 6) is -7.06. The molecular formula is C27H28N4O8. The van der Waals surface area contributed by atoms with Crippen LogP contribution in [0.1, 0.15) is 38.5 Å². The first-order valence-corrected chi connectivity index (χ1v) is 12.3. The van der Waals surface area contributed by atoms with Gasteiger partial charge < -0.3 is 30.7 Å². The highest BCUT2D eigenvalue weighted by atomic mass is 16.3. The summed E-state index contributed by atoms with van der Waals surface area (Å²) in [7, 11) is 3.11. The van der Waals surface area contributed by atoms with Gasteiger partial charge in [-0.25, -0.2) is 4.98 Å². The van der Waals surface area contributed by atoms with E-state index in [-0.39, 0.29) is 47.4 Å². The normalized spacial score (nSPS) is 26.4. The summed E-state index contributed by atoms with van der Waals surface area (Å²) in [6.45, 7) is 1.69. The van der Waals surface area contributed by atoms with Gasteiger partial charge in [0.15, 0.2) is 17.2 Å². The van der Waals surface area contributed by atoms with Crippen molar-refractivity contribution >= 4 is 23.3 Å². The van der Waals surface area contributed by atoms with Crippen molar-refractivity contribution in [3.05, 3.63) is 69.7 Å². The predicted octanol–water partition coefficient (Wildman–Crippen LogP) is 0.508. The van der Waals surface area contributed by atoms with Gasteiger partial charge in [-0.1, -0.05) is 0 Å². The van der Waals surface area contributed by atoms with E-state index in [1.54, 1.807) is 38.0 Å². The van der Waals surface area contributed by atoms with Crippen LogP contribution in [0.15, 0.2) is 47.2 Å². The van der Waals surface area contributed by atoms with Crippen LogP contribution in [-0.2, 0) is 22.6 Å². The van der Waals surface area contributed by atoms with Gasteiger partial charge in [0.2, 0.25) is 5.78 Å². The molecule has 1 aromatic carbocycles. The largest absolute Gasteiger partial charge is 0.510 e. The molecule has 12 nitrogen and oxygen atoms in total. The number of phenolic OH excluding ortho intramolecular Hbond substituents is 1. The first kappa shape index (κ1) is 26.3. The number of imidazole rings is 1. The van der Waals surface area contributed by atoms with E-state index in [0.717, 1.165) is 0 Å². The lowest BCUT2D eigenvalue weighted by Gasteiger charge is -2.50. The highest BCUT2D eigenvalue weighted by molar-refractivity contribution is 6.25. The lowest BCUT2D eigenvalue weighted by molar-refractivity contribution is -0.148. The summed E-state index contributed by atoms with van der Waals surface area (Å²) in [4.78, 5) is 58.1. The van der Waals surface area contributed by atoms with E-state index in [9.17, 15) is 39.6 Å². The number of phenols is 1. The molecule has 0 radical (unpaired) electrons. The number of carbonyl (C=O) groups excluding carboxylic acids is 4. The molecule has 0 saturated carbocycles. The van der Waals surface area contributed by atoms with Crippen LogP contribution < -0.4 is 5.73 Å². The third-order valence-electron chi connectivity index (χ3n) is 8.14. The van der Waals surface area contributed by atoms with Crippen molar-refractivity contribution in [2.45, 2.75) is 38.0 Å². The molecule has 0 unspecified atom stereocenters. The monoisotopic (exact) mass is 536 g/mol. The van der Waals surface area contributed by atoms with Crippen LogP contribution in [0.4, 0.5) is 0 Å². The first-order valence-electron chi connectivity index (χ1n) is 12.3. The Bertz CT molecular complexity index is 1530. The first-order chi connectivity index (χ1) is 18.3. The lowest BCUT2D eigenvalue weighted by atomic mass is 9.58. The number of aromatic hydroxyl groups is 1. The molecule has 204 valence electrons. The number of fused-ring (bicyclic) bond motifs is 3. The van der Waals surface area contributed by atoms with Crippen molar-refractivity contribution in [3.8, 4) is 5.75 Å². The fraction of sp³-hybridized carbons (Fsp3) is 0.370. The summed E-state index contributed by atoms with van der Waals surface area (Å²) in [5.41, 5.74) is 1.78. The Kier molecular flexibility index (Phi) is 6.00. The number of aryl methyl sites for hydroxylation is 1. The van der Waals surface area contributed by atoms with Crippen LogP contribution >= 0.6 is 0 Å². The average Bonchev–Trinajstić information content (AvgIpc) is 3.25. The van der Waals surface area contributed by atoms with Gasteiger partial charge in [-0.2, -0.15) is 0 Å². The van der Waals surface area contributed by atoms with E-state index in [1.165, 1.54) is 17.0 Å². The van der Waals surface area contributed by atoms with Crippen LogP contribution in [0.3, 0.4) is 0 Å². The van der Waals surface area contributed by atoms with Crippen LogP contribution in [-0.4, -0.2) is 83.9 Å². The predicted molar refractivity (Wildman–Crippen MR) is 135 cm³/mol. The minimum absolute atomic E-state index is 0.0346. The van der Waals surface area contributed by atoms with E-state index < -0.39 is 63.8 Å². The number of allylic oxidation sites excluding steroid dienone is 1. The van der Waals surface area contributed by atoms with Crippen molar-refractivity contribution in [1.29, 1.82) is 0 Å². The summed E-state index contributed by atoms with van der Waals surface area (Å²) < 4.78 is 1.64. The van der Waals surface area contributed by atoms with Gasteiger partial charge in [0.1, 0.15) is 28.7 Å². The fourth-order valence-electron chi connectivity index (χ4n) is 6.32. The van der Waals surface area contributed by atoms with E-state index >= 15 is 0 Å². The van der Waals surface area contributed by atoms with Gasteiger partial charge in [0.25, 0.3) is 5.91 Å². The lowest BCUT2D eigenvalue weighted by Crippen LogP contribution is -2.63. The number of hydrogen-bond donors (Lipinski definition) is 5. The number of ketones is 3. The number of rotatable bonds is 5. The zero-order valence-corrected chi connectivity index (χ0v) is 21.5. The summed E-state index contributed by atoms with van der Waals surface area (Å²) >= 11 is 0. The Morgan fingerprint density at radius 3 is 2.49 bits per heavy atom. The van der Waals surface area contributed by atoms with Crippen molar-refractivity contribution < 1.29 is 39.6 Å². The van der Waals surface area contributed by atoms with Crippen LogP contribution in [0.25, 0.3) is 0 Å². The van der Waals surface area contributed by atoms with Gasteiger partial charge in [-0.05, 0) is 57.5 Å². The Morgan fingerprint density at radius 2 is 1.90 bits per heavy atom. The number of likely N-dealkylation sites (N-methyl/N-ethyl adjacent to an activating group) is 1. The number of aliphatic hydroxyl groups is 3. The van der Waals surface area contributed by atoms with Crippen molar-refractivity contribution in [2.75, 3.05) is 14.1 Å². The highest BCUT2D eigenvalue weighted by Crippen LogP contribution is 2.52. The Morgan fingerprint density at radius 1 is 1.21 bits per heavy atom. The second-order valence-corrected chi connectivity index (χ2v) is 10.5. The minimum atomic E-state index is -2.72. The Labute approximate surface area is 222 Å². The number of aromatic nitrogens is 2. The second-order valence-electron chi connectivity index (χ2n) is 10.5. The zero-order chi connectivity index (χ0) is 28.5. The standard InChI is InChI=1S/C27H28N4O8/c1-11-29-6-7-31(11)10-17(33)13-4-5-16(32)19-14(13)8-12-9-15-21(30(2)3)23(35)20(26(28)38)25(37)27(15,39)24(36)18(12)22(19)34/h4-7,12,15,21,32,35-36,39H,8-10H2,1-3H3,(H2,28,38)/t12-,15-,21-,27-/m0/s1. The summed E-state index contributed by atoms with van der Waals surface area (Å²) in [5, 5.41) is 44.5. The van der Waals surface area contributed by atoms with Gasteiger partial charge in [-0.3, -0.25) is 24.1 Å². The molecule has 0 saturated heterocycles. The van der Waals surface area contributed by atoms with Crippen LogP contribution in [0.2, 0.25) is 0 Å². The SMILES string of the molecule is Cc1nccn1CC(=O)c1ccc(O)c2c1C[C@H]1C[C@H]3[C@H](N(C)C)C(O)=C(C(N)=O)C(=O)[C@@]3(O)C(O)=C1C2=O. The van der Waals surface area contributed by atoms with Gasteiger partial charge in [0.05, 0.1) is 18.2 Å². The third-order valence-corrected chi connectivity index (χ3v) is 8.14. The number of benzene rings is 1. The molecule has 3 aliphatic rings. The van der Waals surface area contributed by atoms with E-state index in [0.29, 0.717) is 5.82 Å². The Balaban J connectivity index is 1.66. The van der Waals surface area contributed by atoms with Crippen LogP contribution in [0, 0.1) is 18.8 Å². The molecule has 0 fully saturated rings. The Hall–Kier alpha value is -4.29. The average molecular weight is 537 g/mol. The highest BCUT2D eigenvalue weighted by Gasteiger charge is 2.63. The van der Waals surface area contributed by atoms with Gasteiger partial charge in [0, 0.05) is 29.4 Å². The molecule has 0 spiro atoms. The molecule has 5 rings (SSSR count). The second kappa shape index (κ2) is 8.89. The van der Waals surface area contributed by atoms with E-state index in [4.69, 9.17) is 5.73 Å². The molecule has 6 N–H and O–H groups in total. The molecule has 0 bridgehead atoms. The molecule has 12 heteroatoms. The number of hydrogen-bond acceptors (Lipinski definition) is 10. The minimum Gasteiger partial charge on any atom is -0.510 e. The number of carbonyl (C=O) groups is 4. The maximum atomic E-state index is 13.8. The molecule has 4 atom stereocenters. The number of nitrogens with zero attached hydrogens (tertiary/aromatic N) is 3. The smallest absolute Gasteiger partial charge is 0.255 e. The number of primary amides is 1. The zero-order valence-electron chi connectivity index (χ0n) is 21.5. The van der Waals surface area contributed by atoms with Crippen molar-refractivity contribution in [3.63, 3.8) is 0 Å². The quantitative estimate of drug-likeness (QED) is 0.265. The summed E-state index contributed by atoms with van der Waals surface area (Å²) in [6.07, 6.45) is 3.18. The van der Waals surface area contributed by atoms with Gasteiger partial charge >= 0.3 is 0 Å². The number of Topliss-reactive ketones (excluding diaryl/α,β-unsaturated/α-hetero) is 3. The van der Waals surface area contributed by atoms with Crippen molar-refractivity contribution in [1.82, 2.24) is 14.5 Å². The van der Waals surface area contributed by atoms with Crippen LogP contribution in [0.5, 0.6) is 5.75 Å². The summed E-state index contributed by atoms with van der Waals surface area (Å²) in [6, 6.07) is 1.55. The number of amides is 1. The van der Waals surface area contributed by atoms with E-state index in [1.807, 2.05) is 0 Å². The molecular weight excluding hydrogens is 508 g/mol. The van der Waals surface area contributed by atoms with Gasteiger partial charge in [-0.15, -0.1) is 0 Å². The number of aliphatic hydroxyl groups excluding tert-OH is 2. The number of nitrogens with two attached hydrogens (primary N) is 1. The maximum absolute atomic E-state index is 13.8. The molecule has 2 aromatic rings. The van der Waals surface area contributed by atoms with Crippen molar-refractivity contribution in [2.24, 2.45) is 17.6 Å². The molecule has 3 aliphatic carbocycles. The maximum Gasteiger partial charge on any atom is 0.255 e. The molecule has 0 aliphatic heterocycles. The third kappa shape index (κ3) is 3.62. The topological polar surface area (TPSA) is 196 Å². The molecule has 39 heavy (non-hydrogen) atoms. The fourth-order valence-corrected chi connectivity index (χ4v) is 6.32. The molecule has 1 amide bonds. The molecule has 1 aromatic heterocycles. The van der Waals surface area contributed by atoms with E-state index in [2.05, 4.69) is 4.98 Å².